The highest BCUT2D eigenvalue weighted by atomic mass is 16.6. The zero-order chi connectivity index (χ0) is 16.3. The lowest BCUT2D eigenvalue weighted by Crippen LogP contribution is -2.43. The molecule has 0 aromatic carbocycles. The van der Waals surface area contributed by atoms with Crippen molar-refractivity contribution in [3.63, 3.8) is 0 Å². The first-order chi connectivity index (χ1) is 9.86. The van der Waals surface area contributed by atoms with Crippen molar-refractivity contribution in [1.29, 1.82) is 0 Å². The van der Waals surface area contributed by atoms with Gasteiger partial charge in [0.1, 0.15) is 6.04 Å². The Morgan fingerprint density at radius 1 is 1.00 bits per heavy atom. The topological polar surface area (TPSA) is 64.6 Å². The van der Waals surface area contributed by atoms with E-state index in [1.807, 2.05) is 27.7 Å². The maximum Gasteiger partial charge on any atom is 0.407 e. The predicted molar refractivity (Wildman–Crippen MR) is 83.0 cm³/mol. The fourth-order valence-corrected chi connectivity index (χ4v) is 1.74. The van der Waals surface area contributed by atoms with Crippen LogP contribution < -0.4 is 5.32 Å². The Labute approximate surface area is 128 Å². The Kier molecular flexibility index (Phi) is 10.7. The average Bonchev–Trinajstić information content (AvgIpc) is 2.40. The van der Waals surface area contributed by atoms with Crippen LogP contribution >= 0.6 is 0 Å². The van der Waals surface area contributed by atoms with Crippen LogP contribution in [0.15, 0.2) is 0 Å². The average molecular weight is 301 g/mol. The van der Waals surface area contributed by atoms with Crippen LogP contribution in [0.3, 0.4) is 0 Å². The van der Waals surface area contributed by atoms with Gasteiger partial charge in [-0.05, 0) is 24.7 Å². The number of hydrogen-bond donors (Lipinski definition) is 1. The van der Waals surface area contributed by atoms with Crippen LogP contribution in [0.2, 0.25) is 0 Å². The van der Waals surface area contributed by atoms with Crippen molar-refractivity contribution in [2.24, 2.45) is 11.8 Å². The Morgan fingerprint density at radius 2 is 1.67 bits per heavy atom. The Hall–Kier alpha value is -1.26. The minimum atomic E-state index is -0.633. The van der Waals surface area contributed by atoms with E-state index in [1.54, 1.807) is 0 Å². The molecule has 0 fully saturated rings. The van der Waals surface area contributed by atoms with Crippen molar-refractivity contribution in [3.05, 3.63) is 0 Å². The summed E-state index contributed by atoms with van der Waals surface area (Å²) in [6, 6.07) is -0.633. The van der Waals surface area contributed by atoms with Gasteiger partial charge in [0.05, 0.1) is 13.2 Å². The molecule has 0 rings (SSSR count). The molecule has 5 heteroatoms. The van der Waals surface area contributed by atoms with Gasteiger partial charge in [0.2, 0.25) is 0 Å². The second-order valence-corrected chi connectivity index (χ2v) is 6.19. The van der Waals surface area contributed by atoms with Gasteiger partial charge in [-0.25, -0.2) is 9.59 Å². The Morgan fingerprint density at radius 3 is 2.19 bits per heavy atom. The maximum atomic E-state index is 12.0. The number of alkyl carbamates (subject to hydrolysis) is 1. The monoisotopic (exact) mass is 301 g/mol. The summed E-state index contributed by atoms with van der Waals surface area (Å²) in [5, 5.41) is 2.61. The third-order valence-corrected chi connectivity index (χ3v) is 2.82. The summed E-state index contributed by atoms with van der Waals surface area (Å²) in [7, 11) is 0. The van der Waals surface area contributed by atoms with Crippen LogP contribution in [0.4, 0.5) is 4.79 Å². The van der Waals surface area contributed by atoms with Gasteiger partial charge in [-0.2, -0.15) is 0 Å². The number of amides is 1. The number of hydrogen-bond acceptors (Lipinski definition) is 4. The molecule has 0 bridgehead atoms. The summed E-state index contributed by atoms with van der Waals surface area (Å²) in [4.78, 5) is 23.7. The summed E-state index contributed by atoms with van der Waals surface area (Å²) in [6.45, 7) is 10.8. The van der Waals surface area contributed by atoms with Crippen LogP contribution in [0.25, 0.3) is 0 Å². The summed E-state index contributed by atoms with van der Waals surface area (Å²) in [6.07, 6.45) is 2.95. The highest BCUT2D eigenvalue weighted by Crippen LogP contribution is 2.08. The molecule has 1 N–H and O–H groups in total. The third-order valence-electron chi connectivity index (χ3n) is 2.82. The van der Waals surface area contributed by atoms with Gasteiger partial charge in [0.25, 0.3) is 0 Å². The van der Waals surface area contributed by atoms with E-state index in [0.717, 1.165) is 19.3 Å². The van der Waals surface area contributed by atoms with Crippen LogP contribution in [0.5, 0.6) is 0 Å². The van der Waals surface area contributed by atoms with Crippen molar-refractivity contribution >= 4 is 12.1 Å². The molecular formula is C16H31NO4. The Balaban J connectivity index is 4.29. The van der Waals surface area contributed by atoms with Crippen LogP contribution in [-0.4, -0.2) is 31.3 Å². The third kappa shape index (κ3) is 11.1. The molecule has 1 atom stereocenters. The normalized spacial score (nSPS) is 12.3. The quantitative estimate of drug-likeness (QED) is 0.495. The molecular weight excluding hydrogens is 270 g/mol. The van der Waals surface area contributed by atoms with Gasteiger partial charge in [-0.3, -0.25) is 0 Å². The van der Waals surface area contributed by atoms with Gasteiger partial charge >= 0.3 is 12.1 Å². The number of nitrogens with one attached hydrogen (secondary N) is 1. The second kappa shape index (κ2) is 11.4. The van der Waals surface area contributed by atoms with Gasteiger partial charge in [-0.1, -0.05) is 47.5 Å². The van der Waals surface area contributed by atoms with E-state index in [9.17, 15) is 9.59 Å². The molecule has 0 saturated carbocycles. The van der Waals surface area contributed by atoms with E-state index in [-0.39, 0.29) is 17.8 Å². The molecule has 1 unspecified atom stereocenters. The zero-order valence-corrected chi connectivity index (χ0v) is 14.1. The van der Waals surface area contributed by atoms with Crippen LogP contribution in [0, 0.1) is 11.8 Å². The van der Waals surface area contributed by atoms with Crippen molar-refractivity contribution in [2.45, 2.75) is 66.3 Å². The van der Waals surface area contributed by atoms with E-state index in [4.69, 9.17) is 9.47 Å². The number of carbonyl (C=O) groups is 2. The van der Waals surface area contributed by atoms with Crippen molar-refractivity contribution in [1.82, 2.24) is 5.32 Å². The lowest BCUT2D eigenvalue weighted by atomic mass is 10.0. The maximum absolute atomic E-state index is 12.0. The second-order valence-electron chi connectivity index (χ2n) is 6.19. The van der Waals surface area contributed by atoms with E-state index in [1.165, 1.54) is 0 Å². The van der Waals surface area contributed by atoms with Gasteiger partial charge < -0.3 is 14.8 Å². The molecule has 0 spiro atoms. The summed E-state index contributed by atoms with van der Waals surface area (Å²) in [5.74, 6) is 0.171. The highest BCUT2D eigenvalue weighted by molar-refractivity contribution is 5.81. The molecule has 5 nitrogen and oxygen atoms in total. The van der Waals surface area contributed by atoms with Crippen molar-refractivity contribution in [3.8, 4) is 0 Å². The summed E-state index contributed by atoms with van der Waals surface area (Å²) >= 11 is 0. The molecule has 0 aliphatic heterocycles. The first kappa shape index (κ1) is 19.7. The fourth-order valence-electron chi connectivity index (χ4n) is 1.74. The highest BCUT2D eigenvalue weighted by Gasteiger charge is 2.24. The van der Waals surface area contributed by atoms with E-state index >= 15 is 0 Å². The SMILES string of the molecule is CCCCCOC(=O)C(CC(C)C)NC(=O)OCC(C)C. The molecule has 0 radical (unpaired) electrons. The molecule has 1 amide bonds. The van der Waals surface area contributed by atoms with Crippen molar-refractivity contribution in [2.75, 3.05) is 13.2 Å². The number of esters is 1. The van der Waals surface area contributed by atoms with E-state index in [2.05, 4.69) is 12.2 Å². The first-order valence-electron chi connectivity index (χ1n) is 7.96. The smallest absolute Gasteiger partial charge is 0.407 e. The number of rotatable bonds is 10. The van der Waals surface area contributed by atoms with Crippen LogP contribution in [-0.2, 0) is 14.3 Å². The molecule has 0 aliphatic carbocycles. The zero-order valence-electron chi connectivity index (χ0n) is 14.1. The fraction of sp³-hybridized carbons (Fsp3) is 0.875. The Bertz CT molecular complexity index is 303. The minimum Gasteiger partial charge on any atom is -0.464 e. The largest absolute Gasteiger partial charge is 0.464 e. The van der Waals surface area contributed by atoms with Gasteiger partial charge in [0.15, 0.2) is 0 Å². The number of ether oxygens (including phenoxy) is 2. The lowest BCUT2D eigenvalue weighted by molar-refractivity contribution is -0.146. The minimum absolute atomic E-state index is 0.264. The predicted octanol–water partition coefficient (Wildman–Crippen LogP) is 3.52. The van der Waals surface area contributed by atoms with Gasteiger partial charge in [-0.15, -0.1) is 0 Å². The van der Waals surface area contributed by atoms with Crippen LogP contribution in [0.1, 0.15) is 60.3 Å². The first-order valence-corrected chi connectivity index (χ1v) is 7.96. The molecule has 0 aliphatic rings. The standard InChI is InChI=1S/C16H31NO4/c1-6-7-8-9-20-15(18)14(10-12(2)3)17-16(19)21-11-13(4)5/h12-14H,6-11H2,1-5H3,(H,17,19). The molecule has 0 heterocycles. The summed E-state index contributed by atoms with van der Waals surface area (Å²) < 4.78 is 10.3. The van der Waals surface area contributed by atoms with Gasteiger partial charge in [0, 0.05) is 0 Å². The molecule has 0 aromatic heterocycles. The van der Waals surface area contributed by atoms with E-state index < -0.39 is 12.1 Å². The van der Waals surface area contributed by atoms with E-state index in [0.29, 0.717) is 19.6 Å². The summed E-state index contributed by atoms with van der Waals surface area (Å²) in [5.41, 5.74) is 0. The molecule has 0 saturated heterocycles. The molecule has 0 aromatic rings. The van der Waals surface area contributed by atoms with Crippen molar-refractivity contribution < 1.29 is 19.1 Å². The molecule has 124 valence electrons. The lowest BCUT2D eigenvalue weighted by Gasteiger charge is -2.19. The number of carbonyl (C=O) groups excluding carboxylic acids is 2. The number of unbranched alkanes of at least 4 members (excludes halogenated alkanes) is 2. The molecule has 21 heavy (non-hydrogen) atoms.